The normalized spacial score (nSPS) is 18.0. The van der Waals surface area contributed by atoms with E-state index in [0.717, 1.165) is 35.8 Å². The fourth-order valence-corrected chi connectivity index (χ4v) is 4.87. The number of fused-ring (bicyclic) bond motifs is 1. The predicted octanol–water partition coefficient (Wildman–Crippen LogP) is 4.03. The Morgan fingerprint density at radius 1 is 1.10 bits per heavy atom. The summed E-state index contributed by atoms with van der Waals surface area (Å²) in [5.74, 6) is -0.307. The highest BCUT2D eigenvalue weighted by Gasteiger charge is 2.30. The molecular weight excluding hydrogens is 418 g/mol. The van der Waals surface area contributed by atoms with Gasteiger partial charge in [0.15, 0.2) is 0 Å². The zero-order valence-electron chi connectivity index (χ0n) is 16.6. The molecule has 0 unspecified atom stereocenters. The maximum Gasteiger partial charge on any atom is 0.265 e. The molecule has 7 heteroatoms. The third kappa shape index (κ3) is 5.06. The number of thioether (sulfide) groups is 1. The third-order valence-electron chi connectivity index (χ3n) is 5.25. The van der Waals surface area contributed by atoms with Crippen molar-refractivity contribution in [3.8, 4) is 0 Å². The highest BCUT2D eigenvalue weighted by Crippen LogP contribution is 2.41. The van der Waals surface area contributed by atoms with E-state index in [-0.39, 0.29) is 18.4 Å². The number of benzene rings is 2. The Hall–Kier alpha value is -2.28. The average molecular weight is 442 g/mol. The van der Waals surface area contributed by atoms with Gasteiger partial charge in [-0.3, -0.25) is 14.5 Å². The van der Waals surface area contributed by atoms with Gasteiger partial charge in [-0.1, -0.05) is 47.6 Å². The molecule has 0 aliphatic carbocycles. The van der Waals surface area contributed by atoms with Gasteiger partial charge in [0.25, 0.3) is 5.91 Å². The van der Waals surface area contributed by atoms with Crippen molar-refractivity contribution in [2.75, 3.05) is 37.6 Å². The summed E-state index contributed by atoms with van der Waals surface area (Å²) in [6, 6.07) is 15.0. The molecule has 2 aromatic carbocycles. The van der Waals surface area contributed by atoms with Crippen LogP contribution < -0.4 is 10.2 Å². The first-order valence-corrected chi connectivity index (χ1v) is 11.3. The van der Waals surface area contributed by atoms with E-state index in [9.17, 15) is 9.59 Å². The number of para-hydroxylation sites is 1. The van der Waals surface area contributed by atoms with E-state index in [2.05, 4.69) is 10.2 Å². The number of amides is 2. The first-order chi connectivity index (χ1) is 14.6. The number of hydrogen-bond acceptors (Lipinski definition) is 4. The molecule has 0 radical (unpaired) electrons. The number of carbonyl (C=O) groups excluding carboxylic acids is 2. The lowest BCUT2D eigenvalue weighted by molar-refractivity contribution is -0.122. The van der Waals surface area contributed by atoms with Gasteiger partial charge in [-0.05, 0) is 61.8 Å². The van der Waals surface area contributed by atoms with Gasteiger partial charge >= 0.3 is 0 Å². The van der Waals surface area contributed by atoms with E-state index in [1.807, 2.05) is 42.5 Å². The maximum absolute atomic E-state index is 13.2. The van der Waals surface area contributed by atoms with E-state index in [0.29, 0.717) is 16.5 Å². The Kier molecular flexibility index (Phi) is 6.77. The minimum Gasteiger partial charge on any atom is -0.353 e. The summed E-state index contributed by atoms with van der Waals surface area (Å²) >= 11 is 7.39. The lowest BCUT2D eigenvalue weighted by atomic mass is 10.2. The van der Waals surface area contributed by atoms with Crippen molar-refractivity contribution in [3.63, 3.8) is 0 Å². The molecule has 0 bridgehead atoms. The summed E-state index contributed by atoms with van der Waals surface area (Å²) in [4.78, 5) is 31.2. The van der Waals surface area contributed by atoms with Crippen LogP contribution in [0.25, 0.3) is 6.08 Å². The molecule has 30 heavy (non-hydrogen) atoms. The molecule has 0 saturated carbocycles. The Morgan fingerprint density at radius 3 is 2.60 bits per heavy atom. The Bertz CT molecular complexity index is 955. The molecular formula is C23H24ClN3O2S. The highest BCUT2D eigenvalue weighted by molar-refractivity contribution is 8.04. The van der Waals surface area contributed by atoms with Crippen molar-refractivity contribution in [1.29, 1.82) is 0 Å². The van der Waals surface area contributed by atoms with Crippen LogP contribution in [0.5, 0.6) is 0 Å². The predicted molar refractivity (Wildman–Crippen MR) is 123 cm³/mol. The van der Waals surface area contributed by atoms with Crippen molar-refractivity contribution in [1.82, 2.24) is 10.2 Å². The van der Waals surface area contributed by atoms with Crippen molar-refractivity contribution >= 4 is 46.9 Å². The smallest absolute Gasteiger partial charge is 0.265 e. The van der Waals surface area contributed by atoms with Crippen LogP contribution in [-0.2, 0) is 9.59 Å². The van der Waals surface area contributed by atoms with Crippen molar-refractivity contribution in [2.24, 2.45) is 0 Å². The molecule has 0 atom stereocenters. The second-order valence-electron chi connectivity index (χ2n) is 7.42. The molecule has 156 valence electrons. The molecule has 5 nitrogen and oxygen atoms in total. The van der Waals surface area contributed by atoms with Crippen LogP contribution in [0.4, 0.5) is 5.69 Å². The van der Waals surface area contributed by atoms with Gasteiger partial charge in [0.1, 0.15) is 6.54 Å². The van der Waals surface area contributed by atoms with Gasteiger partial charge in [0, 0.05) is 23.0 Å². The van der Waals surface area contributed by atoms with Crippen molar-refractivity contribution < 1.29 is 9.59 Å². The first kappa shape index (κ1) is 21.0. The minimum atomic E-state index is -0.164. The van der Waals surface area contributed by atoms with Crippen LogP contribution >= 0.6 is 23.4 Å². The van der Waals surface area contributed by atoms with Crippen LogP contribution in [0.15, 0.2) is 58.3 Å². The number of anilines is 1. The molecule has 4 rings (SSSR count). The highest BCUT2D eigenvalue weighted by atomic mass is 35.5. The Morgan fingerprint density at radius 2 is 1.83 bits per heavy atom. The summed E-state index contributed by atoms with van der Waals surface area (Å²) < 4.78 is 0. The number of likely N-dealkylation sites (tertiary alicyclic amines) is 1. The topological polar surface area (TPSA) is 52.7 Å². The Labute approximate surface area is 186 Å². The maximum atomic E-state index is 13.2. The summed E-state index contributed by atoms with van der Waals surface area (Å²) in [6.45, 7) is 3.67. The summed E-state index contributed by atoms with van der Waals surface area (Å²) in [5.41, 5.74) is 1.67. The Balaban J connectivity index is 1.48. The lowest BCUT2D eigenvalue weighted by Crippen LogP contribution is -2.44. The van der Waals surface area contributed by atoms with Crippen molar-refractivity contribution in [3.05, 3.63) is 64.0 Å². The minimum absolute atomic E-state index is 0.00830. The second kappa shape index (κ2) is 9.69. The molecule has 2 aliphatic rings. The molecule has 1 saturated heterocycles. The van der Waals surface area contributed by atoms with Crippen LogP contribution in [0.3, 0.4) is 0 Å². The molecule has 1 N–H and O–H groups in total. The van der Waals surface area contributed by atoms with Gasteiger partial charge in [-0.25, -0.2) is 0 Å². The van der Waals surface area contributed by atoms with Gasteiger partial charge < -0.3 is 10.2 Å². The average Bonchev–Trinajstić information content (AvgIpc) is 3.26. The number of halogens is 1. The quantitative estimate of drug-likeness (QED) is 0.687. The zero-order chi connectivity index (χ0) is 20.9. The van der Waals surface area contributed by atoms with Crippen LogP contribution in [0.1, 0.15) is 18.4 Å². The number of carbonyl (C=O) groups is 2. The van der Waals surface area contributed by atoms with Gasteiger partial charge in [0.2, 0.25) is 5.91 Å². The summed E-state index contributed by atoms with van der Waals surface area (Å²) in [6.07, 6.45) is 4.30. The third-order valence-corrected chi connectivity index (χ3v) is 6.58. The molecule has 0 aromatic heterocycles. The van der Waals surface area contributed by atoms with Crippen LogP contribution in [0.2, 0.25) is 5.02 Å². The van der Waals surface area contributed by atoms with Gasteiger partial charge in [0.05, 0.1) is 10.6 Å². The molecule has 2 aliphatic heterocycles. The molecule has 1 fully saturated rings. The summed E-state index contributed by atoms with van der Waals surface area (Å²) in [7, 11) is 0. The van der Waals surface area contributed by atoms with Gasteiger partial charge in [-0.2, -0.15) is 0 Å². The number of nitrogens with zero attached hydrogens (tertiary/aromatic N) is 2. The van der Waals surface area contributed by atoms with E-state index < -0.39 is 0 Å². The van der Waals surface area contributed by atoms with E-state index in [1.165, 1.54) is 24.6 Å². The first-order valence-electron chi connectivity index (χ1n) is 10.2. The summed E-state index contributed by atoms with van der Waals surface area (Å²) in [5, 5.41) is 3.61. The molecule has 0 spiro atoms. The SMILES string of the molecule is O=C(CN1C(=O)C(=Cc2ccc(Cl)cc2)Sc2ccccc21)NCCN1CCCC1. The standard InChI is InChI=1S/C23H24ClN3O2S/c24-18-9-7-17(8-10-18)15-21-23(29)27(19-5-1-2-6-20(19)30-21)16-22(28)25-11-14-26-12-3-4-13-26/h1-2,5-10,15H,3-4,11-14,16H2,(H,25,28). The molecule has 2 amide bonds. The largest absolute Gasteiger partial charge is 0.353 e. The van der Waals surface area contributed by atoms with E-state index in [1.54, 1.807) is 17.0 Å². The van der Waals surface area contributed by atoms with Crippen LogP contribution in [-0.4, -0.2) is 49.4 Å². The molecule has 2 heterocycles. The lowest BCUT2D eigenvalue weighted by Gasteiger charge is -2.30. The fraction of sp³-hybridized carbons (Fsp3) is 0.304. The monoisotopic (exact) mass is 441 g/mol. The number of hydrogen-bond donors (Lipinski definition) is 1. The van der Waals surface area contributed by atoms with Crippen molar-refractivity contribution in [2.45, 2.75) is 17.7 Å². The zero-order valence-corrected chi connectivity index (χ0v) is 18.2. The number of rotatable bonds is 6. The molecule has 2 aromatic rings. The van der Waals surface area contributed by atoms with Gasteiger partial charge in [-0.15, -0.1) is 0 Å². The fourth-order valence-electron chi connectivity index (χ4n) is 3.69. The van der Waals surface area contributed by atoms with E-state index in [4.69, 9.17) is 11.6 Å². The van der Waals surface area contributed by atoms with E-state index >= 15 is 0 Å². The number of nitrogens with one attached hydrogen (secondary N) is 1. The van der Waals surface area contributed by atoms with Crippen LogP contribution in [0, 0.1) is 0 Å². The second-order valence-corrected chi connectivity index (χ2v) is 8.94.